The van der Waals surface area contributed by atoms with Gasteiger partial charge in [0.05, 0.1) is 12.8 Å². The summed E-state index contributed by atoms with van der Waals surface area (Å²) in [7, 11) is 1.64. The van der Waals surface area contributed by atoms with Crippen molar-refractivity contribution in [3.8, 4) is 11.4 Å². The van der Waals surface area contributed by atoms with Crippen LogP contribution >= 0.6 is 15.9 Å². The monoisotopic (exact) mass is 371 g/mol. The predicted octanol–water partition coefficient (Wildman–Crippen LogP) is 3.52. The molecule has 7 heteroatoms. The molecule has 3 aromatic rings. The van der Waals surface area contributed by atoms with Crippen molar-refractivity contribution in [3.05, 3.63) is 65.0 Å². The average molecular weight is 372 g/mol. The highest BCUT2D eigenvalue weighted by Gasteiger charge is 2.04. The van der Waals surface area contributed by atoms with Crippen LogP contribution in [0.1, 0.15) is 5.82 Å². The molecule has 3 rings (SSSR count). The van der Waals surface area contributed by atoms with Gasteiger partial charge in [0.2, 0.25) is 0 Å². The molecule has 0 bridgehead atoms. The van der Waals surface area contributed by atoms with E-state index in [1.54, 1.807) is 18.0 Å². The minimum atomic E-state index is 0.633. The highest BCUT2D eigenvalue weighted by atomic mass is 79.9. The molecule has 0 unspecified atom stereocenters. The van der Waals surface area contributed by atoms with Crippen LogP contribution in [0, 0.1) is 0 Å². The lowest BCUT2D eigenvalue weighted by atomic mass is 10.3. The third-order valence-electron chi connectivity index (χ3n) is 3.14. The number of hydrogen-bond acceptors (Lipinski definition) is 5. The maximum Gasteiger partial charge on any atom is 0.181 e. The van der Waals surface area contributed by atoms with Gasteiger partial charge in [0.1, 0.15) is 5.75 Å². The van der Waals surface area contributed by atoms with Crippen LogP contribution in [0.4, 0.5) is 5.69 Å². The number of methoxy groups -OCH3 is 1. The number of rotatable bonds is 5. The lowest BCUT2D eigenvalue weighted by Crippen LogP contribution is -1.99. The minimum absolute atomic E-state index is 0.633. The fourth-order valence-corrected chi connectivity index (χ4v) is 2.23. The number of halogens is 1. The Morgan fingerprint density at radius 1 is 1.09 bits per heavy atom. The summed E-state index contributed by atoms with van der Waals surface area (Å²) >= 11 is 3.41. The highest BCUT2D eigenvalue weighted by Crippen LogP contribution is 2.16. The molecular formula is C16H14BrN5O. The van der Waals surface area contributed by atoms with Gasteiger partial charge in [0.25, 0.3) is 0 Å². The Kier molecular flexibility index (Phi) is 4.68. The van der Waals surface area contributed by atoms with E-state index in [1.807, 2.05) is 54.6 Å². The summed E-state index contributed by atoms with van der Waals surface area (Å²) in [5, 5.41) is 14.9. The molecule has 0 saturated carbocycles. The van der Waals surface area contributed by atoms with Crippen LogP contribution in [-0.4, -0.2) is 27.3 Å². The molecule has 0 amide bonds. The van der Waals surface area contributed by atoms with Gasteiger partial charge in [0, 0.05) is 22.4 Å². The number of hydrogen-bond donors (Lipinski definition) is 1. The topological polar surface area (TPSA) is 64.9 Å². The molecule has 0 aliphatic heterocycles. The van der Waals surface area contributed by atoms with Gasteiger partial charge in [-0.05, 0) is 59.0 Å². The van der Waals surface area contributed by atoms with E-state index in [0.717, 1.165) is 21.6 Å². The molecule has 1 heterocycles. The smallest absolute Gasteiger partial charge is 0.181 e. The Balaban J connectivity index is 1.73. The SMILES string of the molecule is COc1ccc(N/C=C\c2nnnn2-c2ccc(Br)cc2)cc1. The van der Waals surface area contributed by atoms with Gasteiger partial charge in [-0.25, -0.2) is 0 Å². The molecule has 23 heavy (non-hydrogen) atoms. The molecule has 6 nitrogen and oxygen atoms in total. The first kappa shape index (κ1) is 15.2. The molecule has 2 aromatic carbocycles. The van der Waals surface area contributed by atoms with Crippen molar-refractivity contribution in [2.45, 2.75) is 0 Å². The second-order valence-corrected chi connectivity index (χ2v) is 5.55. The van der Waals surface area contributed by atoms with Gasteiger partial charge in [-0.1, -0.05) is 15.9 Å². The van der Waals surface area contributed by atoms with Gasteiger partial charge in [0.15, 0.2) is 5.82 Å². The Labute approximate surface area is 141 Å². The van der Waals surface area contributed by atoms with Crippen molar-refractivity contribution < 1.29 is 4.74 Å². The Morgan fingerprint density at radius 2 is 1.83 bits per heavy atom. The van der Waals surface area contributed by atoms with Crippen molar-refractivity contribution in [2.75, 3.05) is 12.4 Å². The molecule has 0 aliphatic rings. The van der Waals surface area contributed by atoms with Gasteiger partial charge in [-0.15, -0.1) is 5.10 Å². The van der Waals surface area contributed by atoms with E-state index in [1.165, 1.54) is 0 Å². The largest absolute Gasteiger partial charge is 0.497 e. The first-order chi connectivity index (χ1) is 11.3. The summed E-state index contributed by atoms with van der Waals surface area (Å²) in [4.78, 5) is 0. The van der Waals surface area contributed by atoms with Crippen molar-refractivity contribution in [2.24, 2.45) is 0 Å². The zero-order chi connectivity index (χ0) is 16.1. The van der Waals surface area contributed by atoms with E-state index >= 15 is 0 Å². The quantitative estimate of drug-likeness (QED) is 0.743. The van der Waals surface area contributed by atoms with Gasteiger partial charge in [-0.3, -0.25) is 0 Å². The maximum atomic E-state index is 5.13. The van der Waals surface area contributed by atoms with Crippen LogP contribution in [0.15, 0.2) is 59.2 Å². The van der Waals surface area contributed by atoms with Crippen LogP contribution < -0.4 is 10.1 Å². The summed E-state index contributed by atoms with van der Waals surface area (Å²) in [6.45, 7) is 0. The number of nitrogens with one attached hydrogen (secondary N) is 1. The summed E-state index contributed by atoms with van der Waals surface area (Å²) in [6, 6.07) is 15.4. The Morgan fingerprint density at radius 3 is 2.52 bits per heavy atom. The molecule has 0 radical (unpaired) electrons. The number of nitrogens with zero attached hydrogens (tertiary/aromatic N) is 4. The number of benzene rings is 2. The van der Waals surface area contributed by atoms with E-state index in [0.29, 0.717) is 5.82 Å². The molecule has 116 valence electrons. The molecule has 0 atom stereocenters. The molecule has 0 aliphatic carbocycles. The van der Waals surface area contributed by atoms with Crippen molar-refractivity contribution in [3.63, 3.8) is 0 Å². The highest BCUT2D eigenvalue weighted by molar-refractivity contribution is 9.10. The van der Waals surface area contributed by atoms with E-state index in [2.05, 4.69) is 36.8 Å². The molecule has 0 fully saturated rings. The van der Waals surface area contributed by atoms with E-state index in [-0.39, 0.29) is 0 Å². The fraction of sp³-hybridized carbons (Fsp3) is 0.0625. The van der Waals surface area contributed by atoms with Crippen molar-refractivity contribution in [1.29, 1.82) is 0 Å². The first-order valence-corrected chi connectivity index (χ1v) is 7.67. The maximum absolute atomic E-state index is 5.13. The molecule has 0 spiro atoms. The number of ether oxygens (including phenoxy) is 1. The zero-order valence-corrected chi connectivity index (χ0v) is 13.9. The average Bonchev–Trinajstić information content (AvgIpc) is 3.05. The second-order valence-electron chi connectivity index (χ2n) is 4.63. The summed E-state index contributed by atoms with van der Waals surface area (Å²) in [5.41, 5.74) is 1.84. The summed E-state index contributed by atoms with van der Waals surface area (Å²) in [5.74, 6) is 1.45. The van der Waals surface area contributed by atoms with Gasteiger partial charge < -0.3 is 10.1 Å². The van der Waals surface area contributed by atoms with E-state index < -0.39 is 0 Å². The second kappa shape index (κ2) is 7.06. The van der Waals surface area contributed by atoms with Crippen LogP contribution in [0.25, 0.3) is 11.8 Å². The Bertz CT molecular complexity index is 796. The minimum Gasteiger partial charge on any atom is -0.497 e. The predicted molar refractivity (Wildman–Crippen MR) is 92.5 cm³/mol. The lowest BCUT2D eigenvalue weighted by molar-refractivity contribution is 0.415. The number of anilines is 1. The number of tetrazole rings is 1. The van der Waals surface area contributed by atoms with Crippen LogP contribution in [-0.2, 0) is 0 Å². The van der Waals surface area contributed by atoms with Crippen molar-refractivity contribution >= 4 is 27.7 Å². The third kappa shape index (κ3) is 3.75. The lowest BCUT2D eigenvalue weighted by Gasteiger charge is -2.03. The summed E-state index contributed by atoms with van der Waals surface area (Å²) in [6.07, 6.45) is 3.61. The molecule has 1 N–H and O–H groups in total. The third-order valence-corrected chi connectivity index (χ3v) is 3.67. The van der Waals surface area contributed by atoms with Gasteiger partial charge >= 0.3 is 0 Å². The fourth-order valence-electron chi connectivity index (χ4n) is 1.96. The molecule has 0 saturated heterocycles. The van der Waals surface area contributed by atoms with Crippen LogP contribution in [0.2, 0.25) is 0 Å². The van der Waals surface area contributed by atoms with E-state index in [9.17, 15) is 0 Å². The van der Waals surface area contributed by atoms with Gasteiger partial charge in [-0.2, -0.15) is 4.68 Å². The van der Waals surface area contributed by atoms with Crippen molar-refractivity contribution in [1.82, 2.24) is 20.2 Å². The summed E-state index contributed by atoms with van der Waals surface area (Å²) < 4.78 is 7.80. The molecular weight excluding hydrogens is 358 g/mol. The Hall–Kier alpha value is -2.67. The van der Waals surface area contributed by atoms with Crippen LogP contribution in [0.3, 0.4) is 0 Å². The standard InChI is InChI=1S/C16H14BrN5O/c1-23-15-8-4-13(5-9-15)18-11-10-16-19-20-21-22(16)14-6-2-12(17)3-7-14/h2-11,18H,1H3/b11-10-. The normalized spacial score (nSPS) is 10.9. The van der Waals surface area contributed by atoms with Crippen LogP contribution in [0.5, 0.6) is 5.75 Å². The molecule has 1 aromatic heterocycles. The zero-order valence-electron chi connectivity index (χ0n) is 12.3. The first-order valence-electron chi connectivity index (χ1n) is 6.88. The number of aromatic nitrogens is 4. The van der Waals surface area contributed by atoms with E-state index in [4.69, 9.17) is 4.74 Å².